The molecule has 2 N–H and O–H groups in total. The number of carbonyl (C=O) groups is 1. The summed E-state index contributed by atoms with van der Waals surface area (Å²) < 4.78 is 5.49. The van der Waals surface area contributed by atoms with Crippen LogP contribution in [0.4, 0.5) is 0 Å². The molecular formula is C16H22N2O2. The van der Waals surface area contributed by atoms with E-state index in [2.05, 4.69) is 6.92 Å². The molecule has 1 fully saturated rings. The van der Waals surface area contributed by atoms with Crippen LogP contribution in [-0.2, 0) is 6.42 Å². The lowest BCUT2D eigenvalue weighted by molar-refractivity contribution is 0.0532. The van der Waals surface area contributed by atoms with Gasteiger partial charge in [-0.15, -0.1) is 0 Å². The molecule has 0 spiro atoms. The van der Waals surface area contributed by atoms with Crippen molar-refractivity contribution in [2.45, 2.75) is 32.2 Å². The number of nitrogens with two attached hydrogens (primary N) is 1. The van der Waals surface area contributed by atoms with E-state index in [0.29, 0.717) is 12.5 Å². The number of carbonyl (C=O) groups excluding carboxylic acids is 1. The number of fused-ring (bicyclic) bond motifs is 1. The molecule has 0 aromatic heterocycles. The number of hydrogen-bond acceptors (Lipinski definition) is 3. The Labute approximate surface area is 119 Å². The van der Waals surface area contributed by atoms with E-state index >= 15 is 0 Å². The molecule has 4 heteroatoms. The average Bonchev–Trinajstić information content (AvgIpc) is 2.93. The lowest BCUT2D eigenvalue weighted by Gasteiger charge is -2.39. The zero-order valence-electron chi connectivity index (χ0n) is 12.0. The largest absolute Gasteiger partial charge is 0.493 e. The topological polar surface area (TPSA) is 55.6 Å². The fourth-order valence-electron chi connectivity index (χ4n) is 3.35. The van der Waals surface area contributed by atoms with Crippen molar-refractivity contribution in [3.05, 3.63) is 29.3 Å². The van der Waals surface area contributed by atoms with E-state index in [1.165, 1.54) is 0 Å². The summed E-state index contributed by atoms with van der Waals surface area (Å²) in [7, 11) is 0. The highest BCUT2D eigenvalue weighted by molar-refractivity contribution is 5.95. The summed E-state index contributed by atoms with van der Waals surface area (Å²) in [6.07, 6.45) is 3.12. The van der Waals surface area contributed by atoms with Gasteiger partial charge in [0.15, 0.2) is 0 Å². The second-order valence-corrected chi connectivity index (χ2v) is 5.84. The quantitative estimate of drug-likeness (QED) is 0.895. The maximum Gasteiger partial charge on any atom is 0.254 e. The number of piperidine rings is 1. The first-order valence-electron chi connectivity index (χ1n) is 7.47. The number of rotatable bonds is 2. The molecule has 1 saturated heterocycles. The van der Waals surface area contributed by atoms with E-state index in [1.807, 2.05) is 23.1 Å². The Balaban J connectivity index is 1.84. The molecule has 0 bridgehead atoms. The minimum Gasteiger partial charge on any atom is -0.493 e. The summed E-state index contributed by atoms with van der Waals surface area (Å²) in [6, 6.07) is 5.94. The van der Waals surface area contributed by atoms with Crippen LogP contribution in [0.5, 0.6) is 5.75 Å². The molecule has 0 saturated carbocycles. The van der Waals surface area contributed by atoms with Crippen LogP contribution in [0.1, 0.15) is 35.7 Å². The Morgan fingerprint density at radius 3 is 3.15 bits per heavy atom. The normalized spacial score (nSPS) is 25.2. The standard InChI is InChI=1S/C16H22N2O2/c1-11-3-2-7-18(14(11)10-17)16(19)13-4-5-15-12(9-13)6-8-20-15/h4-5,9,11,14H,2-3,6-8,10,17H2,1H3/t11-,14+/m0/s1. The van der Waals surface area contributed by atoms with Gasteiger partial charge < -0.3 is 15.4 Å². The van der Waals surface area contributed by atoms with E-state index in [1.54, 1.807) is 0 Å². The maximum atomic E-state index is 12.7. The Morgan fingerprint density at radius 2 is 2.35 bits per heavy atom. The lowest BCUT2D eigenvalue weighted by Crippen LogP contribution is -2.51. The molecule has 108 valence electrons. The van der Waals surface area contributed by atoms with Crippen LogP contribution < -0.4 is 10.5 Å². The summed E-state index contributed by atoms with van der Waals surface area (Å²) in [5.74, 6) is 1.51. The average molecular weight is 274 g/mol. The van der Waals surface area contributed by atoms with Crippen molar-refractivity contribution < 1.29 is 9.53 Å². The van der Waals surface area contributed by atoms with Gasteiger partial charge >= 0.3 is 0 Å². The molecule has 1 amide bonds. The Hall–Kier alpha value is -1.55. The molecule has 3 rings (SSSR count). The first-order valence-corrected chi connectivity index (χ1v) is 7.47. The van der Waals surface area contributed by atoms with Gasteiger partial charge in [-0.05, 0) is 42.5 Å². The molecular weight excluding hydrogens is 252 g/mol. The van der Waals surface area contributed by atoms with Gasteiger partial charge in [-0.2, -0.15) is 0 Å². The number of amides is 1. The van der Waals surface area contributed by atoms with Crippen molar-refractivity contribution in [1.82, 2.24) is 4.90 Å². The lowest BCUT2D eigenvalue weighted by atomic mass is 9.90. The first-order chi connectivity index (χ1) is 9.70. The molecule has 1 aromatic rings. The summed E-state index contributed by atoms with van der Waals surface area (Å²) in [5.41, 5.74) is 7.79. The SMILES string of the molecule is C[C@H]1CCCN(C(=O)c2ccc3c(c2)CCO3)[C@@H]1CN. The third kappa shape index (κ3) is 2.29. The van der Waals surface area contributed by atoms with Gasteiger partial charge in [0.05, 0.1) is 6.61 Å². The molecule has 2 aliphatic heterocycles. The van der Waals surface area contributed by atoms with Gasteiger partial charge in [0.2, 0.25) is 0 Å². The van der Waals surface area contributed by atoms with Crippen LogP contribution in [0.2, 0.25) is 0 Å². The van der Waals surface area contributed by atoms with Crippen LogP contribution in [0.15, 0.2) is 18.2 Å². The summed E-state index contributed by atoms with van der Waals surface area (Å²) in [6.45, 7) is 4.27. The fraction of sp³-hybridized carbons (Fsp3) is 0.562. The van der Waals surface area contributed by atoms with E-state index in [-0.39, 0.29) is 11.9 Å². The van der Waals surface area contributed by atoms with E-state index in [4.69, 9.17) is 10.5 Å². The third-order valence-corrected chi connectivity index (χ3v) is 4.55. The van der Waals surface area contributed by atoms with Crippen LogP contribution >= 0.6 is 0 Å². The van der Waals surface area contributed by atoms with Crippen molar-refractivity contribution in [2.75, 3.05) is 19.7 Å². The van der Waals surface area contributed by atoms with Gasteiger partial charge in [0.25, 0.3) is 5.91 Å². The van der Waals surface area contributed by atoms with Crippen molar-refractivity contribution >= 4 is 5.91 Å². The van der Waals surface area contributed by atoms with Crippen LogP contribution in [0.3, 0.4) is 0 Å². The summed E-state index contributed by atoms with van der Waals surface area (Å²) in [4.78, 5) is 14.7. The maximum absolute atomic E-state index is 12.7. The highest BCUT2D eigenvalue weighted by atomic mass is 16.5. The van der Waals surface area contributed by atoms with E-state index in [0.717, 1.165) is 49.3 Å². The summed E-state index contributed by atoms with van der Waals surface area (Å²) in [5, 5.41) is 0. The molecule has 2 atom stereocenters. The smallest absolute Gasteiger partial charge is 0.254 e. The molecule has 0 aliphatic carbocycles. The van der Waals surface area contributed by atoms with Gasteiger partial charge in [-0.1, -0.05) is 6.92 Å². The van der Waals surface area contributed by atoms with E-state index < -0.39 is 0 Å². The van der Waals surface area contributed by atoms with Crippen molar-refractivity contribution in [3.63, 3.8) is 0 Å². The van der Waals surface area contributed by atoms with Crippen molar-refractivity contribution in [3.8, 4) is 5.75 Å². The van der Waals surface area contributed by atoms with Crippen LogP contribution in [-0.4, -0.2) is 36.5 Å². The second kappa shape index (κ2) is 5.44. The van der Waals surface area contributed by atoms with Gasteiger partial charge in [-0.3, -0.25) is 4.79 Å². The number of likely N-dealkylation sites (tertiary alicyclic amines) is 1. The highest BCUT2D eigenvalue weighted by Crippen LogP contribution is 2.28. The van der Waals surface area contributed by atoms with Gasteiger partial charge in [0.1, 0.15) is 5.75 Å². The predicted octanol–water partition coefficient (Wildman–Crippen LogP) is 1.82. The zero-order chi connectivity index (χ0) is 14.1. The minimum absolute atomic E-state index is 0.113. The highest BCUT2D eigenvalue weighted by Gasteiger charge is 2.31. The number of hydrogen-bond donors (Lipinski definition) is 1. The Morgan fingerprint density at radius 1 is 1.50 bits per heavy atom. The van der Waals surface area contributed by atoms with Crippen molar-refractivity contribution in [1.29, 1.82) is 0 Å². The molecule has 4 nitrogen and oxygen atoms in total. The molecule has 2 heterocycles. The number of nitrogens with zero attached hydrogens (tertiary/aromatic N) is 1. The first kappa shape index (κ1) is 13.4. The fourth-order valence-corrected chi connectivity index (χ4v) is 3.35. The molecule has 1 aromatic carbocycles. The third-order valence-electron chi connectivity index (χ3n) is 4.55. The Bertz CT molecular complexity index is 515. The molecule has 20 heavy (non-hydrogen) atoms. The summed E-state index contributed by atoms with van der Waals surface area (Å²) >= 11 is 0. The van der Waals surface area contributed by atoms with Crippen LogP contribution in [0, 0.1) is 5.92 Å². The van der Waals surface area contributed by atoms with Crippen LogP contribution in [0.25, 0.3) is 0 Å². The minimum atomic E-state index is 0.113. The molecule has 0 radical (unpaired) electrons. The van der Waals surface area contributed by atoms with E-state index in [9.17, 15) is 4.79 Å². The predicted molar refractivity (Wildman–Crippen MR) is 77.9 cm³/mol. The zero-order valence-corrected chi connectivity index (χ0v) is 12.0. The number of benzene rings is 1. The number of ether oxygens (including phenoxy) is 1. The van der Waals surface area contributed by atoms with Gasteiger partial charge in [0, 0.05) is 31.1 Å². The molecule has 0 unspecified atom stereocenters. The second-order valence-electron chi connectivity index (χ2n) is 5.84. The molecule has 2 aliphatic rings. The monoisotopic (exact) mass is 274 g/mol. The van der Waals surface area contributed by atoms with Gasteiger partial charge in [-0.25, -0.2) is 0 Å². The van der Waals surface area contributed by atoms with Crippen molar-refractivity contribution in [2.24, 2.45) is 11.7 Å². The Kier molecular flexibility index (Phi) is 3.66.